The number of amides is 1. The highest BCUT2D eigenvalue weighted by Crippen LogP contribution is 2.36. The first kappa shape index (κ1) is 21.8. The van der Waals surface area contributed by atoms with Gasteiger partial charge < -0.3 is 19.0 Å². The number of fused-ring (bicyclic) bond motifs is 1. The summed E-state index contributed by atoms with van der Waals surface area (Å²) < 4.78 is 22.3. The Morgan fingerprint density at radius 1 is 1.34 bits per heavy atom. The van der Waals surface area contributed by atoms with Crippen molar-refractivity contribution in [2.75, 3.05) is 13.2 Å². The van der Waals surface area contributed by atoms with E-state index in [0.29, 0.717) is 26.1 Å². The highest BCUT2D eigenvalue weighted by atomic mass is 28.4. The van der Waals surface area contributed by atoms with Gasteiger partial charge in [0.1, 0.15) is 5.82 Å². The normalized spacial score (nSPS) is 18.0. The van der Waals surface area contributed by atoms with Crippen molar-refractivity contribution in [2.24, 2.45) is 0 Å². The van der Waals surface area contributed by atoms with Gasteiger partial charge in [-0.15, -0.1) is 0 Å². The molecule has 0 aliphatic carbocycles. The van der Waals surface area contributed by atoms with E-state index in [-0.39, 0.29) is 16.9 Å². The summed E-state index contributed by atoms with van der Waals surface area (Å²) in [5, 5.41) is 10.6. The first-order valence-corrected chi connectivity index (χ1v) is 13.3. The van der Waals surface area contributed by atoms with Gasteiger partial charge in [-0.2, -0.15) is 0 Å². The van der Waals surface area contributed by atoms with E-state index in [0.717, 1.165) is 29.3 Å². The largest absolute Gasteiger partial charge is 0.465 e. The molecule has 1 amide bonds. The van der Waals surface area contributed by atoms with Crippen molar-refractivity contribution in [1.82, 2.24) is 9.47 Å². The molecule has 160 valence electrons. The second-order valence-electron chi connectivity index (χ2n) is 9.59. The Morgan fingerprint density at radius 2 is 2.07 bits per heavy atom. The molecular weight excluding hydrogens is 387 g/mol. The van der Waals surface area contributed by atoms with Crippen molar-refractivity contribution < 1.29 is 18.7 Å². The number of benzene rings is 1. The average Bonchev–Trinajstić information content (AvgIpc) is 3.19. The van der Waals surface area contributed by atoms with Crippen LogP contribution in [0.3, 0.4) is 0 Å². The molecule has 0 bridgehead atoms. The zero-order valence-corrected chi connectivity index (χ0v) is 19.2. The van der Waals surface area contributed by atoms with E-state index in [2.05, 4.69) is 44.6 Å². The molecule has 1 saturated heterocycles. The molecule has 0 radical (unpaired) electrons. The topological polar surface area (TPSA) is 54.7 Å². The lowest BCUT2D eigenvalue weighted by atomic mass is 10.0. The van der Waals surface area contributed by atoms with Crippen molar-refractivity contribution in [3.8, 4) is 0 Å². The summed E-state index contributed by atoms with van der Waals surface area (Å²) in [6.45, 7) is 12.9. The maximum atomic E-state index is 13.9. The highest BCUT2D eigenvalue weighted by Gasteiger charge is 2.37. The fraction of sp³-hybridized carbons (Fsp3) is 0.591. The number of carboxylic acid groups (broad SMARTS) is 1. The maximum Gasteiger partial charge on any atom is 0.407 e. The van der Waals surface area contributed by atoms with Crippen LogP contribution in [0.2, 0.25) is 18.1 Å². The summed E-state index contributed by atoms with van der Waals surface area (Å²) in [7, 11) is -1.84. The minimum atomic E-state index is -1.84. The minimum absolute atomic E-state index is 0.0138. The highest BCUT2D eigenvalue weighted by molar-refractivity contribution is 6.74. The number of nitrogens with zero attached hydrogens (tertiary/aromatic N) is 2. The molecule has 1 aliphatic heterocycles. The Bertz CT molecular complexity index is 888. The predicted molar refractivity (Wildman–Crippen MR) is 117 cm³/mol. The van der Waals surface area contributed by atoms with E-state index in [1.165, 1.54) is 11.0 Å². The van der Waals surface area contributed by atoms with Gasteiger partial charge in [0.15, 0.2) is 8.32 Å². The van der Waals surface area contributed by atoms with E-state index in [9.17, 15) is 14.3 Å². The van der Waals surface area contributed by atoms with Crippen molar-refractivity contribution in [1.29, 1.82) is 0 Å². The summed E-state index contributed by atoms with van der Waals surface area (Å²) in [6.07, 6.45) is 3.62. The van der Waals surface area contributed by atoms with Gasteiger partial charge >= 0.3 is 6.09 Å². The number of hydrogen-bond donors (Lipinski definition) is 1. The first-order valence-electron chi connectivity index (χ1n) is 10.4. The van der Waals surface area contributed by atoms with E-state index in [4.69, 9.17) is 4.43 Å². The molecular formula is C22H33FN2O3Si. The second-order valence-corrected chi connectivity index (χ2v) is 14.4. The van der Waals surface area contributed by atoms with Crippen LogP contribution >= 0.6 is 0 Å². The van der Waals surface area contributed by atoms with Crippen LogP contribution < -0.4 is 0 Å². The van der Waals surface area contributed by atoms with Crippen LogP contribution in [0.4, 0.5) is 9.18 Å². The molecule has 0 spiro atoms. The number of likely N-dealkylation sites (tertiary alicyclic amines) is 1. The Labute approximate surface area is 173 Å². The summed E-state index contributed by atoms with van der Waals surface area (Å²) >= 11 is 0. The zero-order chi connectivity index (χ0) is 21.4. The zero-order valence-electron chi connectivity index (χ0n) is 18.2. The summed E-state index contributed by atoms with van der Waals surface area (Å²) in [4.78, 5) is 13.0. The molecule has 0 saturated carbocycles. The average molecular weight is 421 g/mol. The van der Waals surface area contributed by atoms with Gasteiger partial charge in [0.25, 0.3) is 0 Å². The summed E-state index contributed by atoms with van der Waals surface area (Å²) in [6, 6.07) is 4.84. The van der Waals surface area contributed by atoms with Gasteiger partial charge in [0.05, 0.1) is 12.1 Å². The lowest BCUT2D eigenvalue weighted by molar-refractivity contribution is 0.140. The van der Waals surface area contributed by atoms with Crippen molar-refractivity contribution >= 4 is 25.3 Å². The number of halogens is 1. The summed E-state index contributed by atoms with van der Waals surface area (Å²) in [5.74, 6) is -0.262. The molecule has 1 aromatic heterocycles. The van der Waals surface area contributed by atoms with Gasteiger partial charge in [-0.1, -0.05) is 20.8 Å². The second kappa shape index (κ2) is 8.11. The third kappa shape index (κ3) is 4.66. The smallest absolute Gasteiger partial charge is 0.407 e. The lowest BCUT2D eigenvalue weighted by Crippen LogP contribution is -2.41. The van der Waals surface area contributed by atoms with Crippen LogP contribution in [0, 0.1) is 5.82 Å². The molecule has 29 heavy (non-hydrogen) atoms. The molecule has 2 heterocycles. The van der Waals surface area contributed by atoms with E-state index in [1.807, 2.05) is 6.07 Å². The van der Waals surface area contributed by atoms with E-state index in [1.54, 1.807) is 6.07 Å². The van der Waals surface area contributed by atoms with Gasteiger partial charge in [0, 0.05) is 30.7 Å². The van der Waals surface area contributed by atoms with Crippen molar-refractivity contribution in [3.05, 3.63) is 35.8 Å². The van der Waals surface area contributed by atoms with Crippen molar-refractivity contribution in [3.63, 3.8) is 0 Å². The van der Waals surface area contributed by atoms with Gasteiger partial charge in [-0.25, -0.2) is 9.18 Å². The standard InChI is InChI=1S/C22H33FN2O3Si/c1-22(2,3)29(4,5)28-12-11-24-15-16(19-9-8-17(23)14-20(19)24)13-18-7-6-10-25(18)21(26)27/h8-9,14-15,18H,6-7,10-13H2,1-5H3,(H,26,27). The van der Waals surface area contributed by atoms with Crippen LogP contribution in [0.1, 0.15) is 39.2 Å². The third-order valence-electron chi connectivity index (χ3n) is 6.61. The van der Waals surface area contributed by atoms with Gasteiger partial charge in [-0.3, -0.25) is 0 Å². The van der Waals surface area contributed by atoms with Crippen LogP contribution in [0.15, 0.2) is 24.4 Å². The Kier molecular flexibility index (Phi) is 6.10. The van der Waals surface area contributed by atoms with Gasteiger partial charge in [-0.05, 0) is 61.2 Å². The Hall–Kier alpha value is -1.86. The molecule has 3 rings (SSSR count). The number of aromatic nitrogens is 1. The Morgan fingerprint density at radius 3 is 2.72 bits per heavy atom. The third-order valence-corrected chi connectivity index (χ3v) is 11.1. The molecule has 5 nitrogen and oxygen atoms in total. The Balaban J connectivity index is 1.81. The molecule has 1 atom stereocenters. The molecule has 2 aromatic rings. The molecule has 7 heteroatoms. The lowest BCUT2D eigenvalue weighted by Gasteiger charge is -2.36. The van der Waals surface area contributed by atoms with Crippen molar-refractivity contribution in [2.45, 2.75) is 70.8 Å². The fourth-order valence-corrected chi connectivity index (χ4v) is 4.89. The molecule has 1 fully saturated rings. The monoisotopic (exact) mass is 420 g/mol. The number of rotatable bonds is 6. The number of hydrogen-bond acceptors (Lipinski definition) is 2. The number of carbonyl (C=O) groups is 1. The van der Waals surface area contributed by atoms with Crippen LogP contribution in [-0.4, -0.2) is 48.2 Å². The quantitative estimate of drug-likeness (QED) is 0.629. The van der Waals surface area contributed by atoms with E-state index < -0.39 is 14.4 Å². The minimum Gasteiger partial charge on any atom is -0.465 e. The SMILES string of the molecule is CC(C)(C)[Si](C)(C)OCCn1cc(CC2CCCN2C(=O)O)c2ccc(F)cc21. The van der Waals surface area contributed by atoms with Gasteiger partial charge in [0.2, 0.25) is 0 Å². The first-order chi connectivity index (χ1) is 13.5. The molecule has 1 aliphatic rings. The predicted octanol–water partition coefficient (Wildman–Crippen LogP) is 5.49. The molecule has 1 unspecified atom stereocenters. The van der Waals surface area contributed by atoms with Crippen LogP contribution in [-0.2, 0) is 17.4 Å². The summed E-state index contributed by atoms with van der Waals surface area (Å²) in [5.41, 5.74) is 1.92. The van der Waals surface area contributed by atoms with Crippen LogP contribution in [0.5, 0.6) is 0 Å². The van der Waals surface area contributed by atoms with E-state index >= 15 is 0 Å². The van der Waals surface area contributed by atoms with Crippen LogP contribution in [0.25, 0.3) is 10.9 Å². The molecule has 1 N–H and O–H groups in total. The molecule has 1 aromatic carbocycles. The fourth-order valence-electron chi connectivity index (χ4n) is 3.86. The maximum absolute atomic E-state index is 13.9.